The molecular formula is C12H14N6S. The molecule has 3 rings (SSSR count). The first-order chi connectivity index (χ1) is 9.25. The van der Waals surface area contributed by atoms with Gasteiger partial charge >= 0.3 is 0 Å². The van der Waals surface area contributed by atoms with Crippen LogP contribution in [0.2, 0.25) is 0 Å². The van der Waals surface area contributed by atoms with E-state index in [2.05, 4.69) is 20.5 Å². The van der Waals surface area contributed by atoms with Gasteiger partial charge in [-0.15, -0.1) is 21.5 Å². The second-order valence-electron chi connectivity index (χ2n) is 4.26. The molecule has 0 radical (unpaired) electrons. The lowest BCUT2D eigenvalue weighted by Gasteiger charge is -2.09. The quantitative estimate of drug-likeness (QED) is 0.707. The lowest BCUT2D eigenvalue weighted by molar-refractivity contribution is 0.788. The Bertz CT molecular complexity index is 701. The molecule has 3 N–H and O–H groups in total. The van der Waals surface area contributed by atoms with E-state index in [1.165, 1.54) is 0 Å². The number of aryl methyl sites for hydroxylation is 1. The number of nitrogens with one attached hydrogen (secondary N) is 1. The van der Waals surface area contributed by atoms with Crippen molar-refractivity contribution in [3.8, 4) is 0 Å². The molecule has 0 aliphatic carbocycles. The van der Waals surface area contributed by atoms with Crippen molar-refractivity contribution in [2.75, 3.05) is 17.6 Å². The maximum atomic E-state index is 6.10. The first-order valence-electron chi connectivity index (χ1n) is 5.94. The molecule has 0 unspecified atom stereocenters. The third-order valence-electron chi connectivity index (χ3n) is 3.01. The molecule has 6 nitrogen and oxygen atoms in total. The summed E-state index contributed by atoms with van der Waals surface area (Å²) in [6, 6.07) is 4.03. The zero-order valence-corrected chi connectivity index (χ0v) is 11.3. The molecule has 0 aliphatic heterocycles. The smallest absolute Gasteiger partial charge is 0.134 e. The standard InChI is InChI=1S/C12H14N6S/c1-18-6-16-17-10(18)4-5-14-8-2-3-9-12(11(8)13)15-7-19-9/h2-3,6-7,14H,4-5,13H2,1H3. The van der Waals surface area contributed by atoms with Gasteiger partial charge in [0.15, 0.2) is 0 Å². The maximum Gasteiger partial charge on any atom is 0.134 e. The Balaban J connectivity index is 1.71. The van der Waals surface area contributed by atoms with Crippen LogP contribution in [0.15, 0.2) is 24.0 Å². The van der Waals surface area contributed by atoms with Crippen LogP contribution in [-0.2, 0) is 13.5 Å². The summed E-state index contributed by atoms with van der Waals surface area (Å²) in [5.41, 5.74) is 10.4. The Labute approximate surface area is 114 Å². The van der Waals surface area contributed by atoms with E-state index < -0.39 is 0 Å². The highest BCUT2D eigenvalue weighted by Gasteiger charge is 2.07. The SMILES string of the molecule is Cn1cnnc1CCNc1ccc2scnc2c1N. The molecule has 1 aromatic carbocycles. The molecule has 19 heavy (non-hydrogen) atoms. The topological polar surface area (TPSA) is 81.7 Å². The predicted molar refractivity (Wildman–Crippen MR) is 77.2 cm³/mol. The minimum absolute atomic E-state index is 0.705. The second-order valence-corrected chi connectivity index (χ2v) is 5.15. The van der Waals surface area contributed by atoms with E-state index in [9.17, 15) is 0 Å². The normalized spacial score (nSPS) is 11.0. The highest BCUT2D eigenvalue weighted by molar-refractivity contribution is 7.16. The van der Waals surface area contributed by atoms with E-state index in [0.29, 0.717) is 5.69 Å². The van der Waals surface area contributed by atoms with Crippen LogP contribution in [0.3, 0.4) is 0 Å². The molecule has 0 spiro atoms. The molecule has 2 aromatic heterocycles. The number of aromatic nitrogens is 4. The molecule has 0 fully saturated rings. The summed E-state index contributed by atoms with van der Waals surface area (Å²) in [4.78, 5) is 4.28. The molecule has 0 saturated heterocycles. The molecule has 3 aromatic rings. The molecule has 7 heteroatoms. The highest BCUT2D eigenvalue weighted by Crippen LogP contribution is 2.29. The minimum Gasteiger partial charge on any atom is -0.395 e. The lowest BCUT2D eigenvalue weighted by atomic mass is 10.2. The number of nitrogen functional groups attached to an aromatic ring is 1. The van der Waals surface area contributed by atoms with Gasteiger partial charge in [0, 0.05) is 20.0 Å². The van der Waals surface area contributed by atoms with Gasteiger partial charge in [-0.2, -0.15) is 0 Å². The first-order valence-corrected chi connectivity index (χ1v) is 6.82. The van der Waals surface area contributed by atoms with Gasteiger partial charge in [0.2, 0.25) is 0 Å². The first kappa shape index (κ1) is 11.9. The summed E-state index contributed by atoms with van der Waals surface area (Å²) in [5, 5.41) is 11.2. The zero-order chi connectivity index (χ0) is 13.2. The Hall–Kier alpha value is -2.15. The lowest BCUT2D eigenvalue weighted by Crippen LogP contribution is -2.10. The monoisotopic (exact) mass is 274 g/mol. The van der Waals surface area contributed by atoms with E-state index in [-0.39, 0.29) is 0 Å². The van der Waals surface area contributed by atoms with Gasteiger partial charge in [0.1, 0.15) is 17.7 Å². The molecule has 0 amide bonds. The number of hydrogen-bond acceptors (Lipinski definition) is 6. The number of anilines is 2. The van der Waals surface area contributed by atoms with Crippen LogP contribution in [0.5, 0.6) is 0 Å². The number of hydrogen-bond donors (Lipinski definition) is 2. The van der Waals surface area contributed by atoms with Crippen LogP contribution in [0, 0.1) is 0 Å². The predicted octanol–water partition coefficient (Wildman–Crippen LogP) is 1.66. The maximum absolute atomic E-state index is 6.10. The van der Waals surface area contributed by atoms with Crippen molar-refractivity contribution in [3.05, 3.63) is 29.8 Å². The Morgan fingerprint density at radius 1 is 1.42 bits per heavy atom. The molecular weight excluding hydrogens is 260 g/mol. The fourth-order valence-electron chi connectivity index (χ4n) is 1.95. The van der Waals surface area contributed by atoms with Crippen LogP contribution in [-0.4, -0.2) is 26.3 Å². The molecule has 2 heterocycles. The molecule has 0 aliphatic rings. The van der Waals surface area contributed by atoms with Gasteiger partial charge in [0.25, 0.3) is 0 Å². The van der Waals surface area contributed by atoms with Gasteiger partial charge in [-0.25, -0.2) is 4.98 Å². The van der Waals surface area contributed by atoms with Crippen molar-refractivity contribution in [2.45, 2.75) is 6.42 Å². The minimum atomic E-state index is 0.705. The third-order valence-corrected chi connectivity index (χ3v) is 3.80. The molecule has 0 bridgehead atoms. The van der Waals surface area contributed by atoms with Crippen LogP contribution in [0.25, 0.3) is 10.2 Å². The van der Waals surface area contributed by atoms with Gasteiger partial charge in [-0.3, -0.25) is 0 Å². The van der Waals surface area contributed by atoms with E-state index in [1.807, 2.05) is 29.3 Å². The van der Waals surface area contributed by atoms with Crippen molar-refractivity contribution in [2.24, 2.45) is 7.05 Å². The van der Waals surface area contributed by atoms with Crippen molar-refractivity contribution >= 4 is 32.9 Å². The fraction of sp³-hybridized carbons (Fsp3) is 0.250. The van der Waals surface area contributed by atoms with E-state index in [0.717, 1.165) is 34.7 Å². The molecule has 0 atom stereocenters. The van der Waals surface area contributed by atoms with Crippen LogP contribution >= 0.6 is 11.3 Å². The Kier molecular flexibility index (Phi) is 3.04. The second kappa shape index (κ2) is 4.85. The Morgan fingerprint density at radius 2 is 2.32 bits per heavy atom. The average Bonchev–Trinajstić information content (AvgIpc) is 3.02. The fourth-order valence-corrected chi connectivity index (χ4v) is 2.64. The number of rotatable bonds is 4. The number of fused-ring (bicyclic) bond motifs is 1. The van der Waals surface area contributed by atoms with Crippen LogP contribution in [0.1, 0.15) is 5.82 Å². The molecule has 98 valence electrons. The summed E-state index contributed by atoms with van der Waals surface area (Å²) in [6.07, 6.45) is 2.50. The van der Waals surface area contributed by atoms with Crippen molar-refractivity contribution in [1.29, 1.82) is 0 Å². The van der Waals surface area contributed by atoms with Crippen molar-refractivity contribution < 1.29 is 0 Å². The summed E-state index contributed by atoms with van der Waals surface area (Å²) in [5.74, 6) is 0.945. The van der Waals surface area contributed by atoms with E-state index in [4.69, 9.17) is 5.73 Å². The van der Waals surface area contributed by atoms with Gasteiger partial charge in [-0.1, -0.05) is 0 Å². The van der Waals surface area contributed by atoms with Crippen molar-refractivity contribution in [1.82, 2.24) is 19.7 Å². The summed E-state index contributed by atoms with van der Waals surface area (Å²) in [6.45, 7) is 0.756. The average molecular weight is 274 g/mol. The summed E-state index contributed by atoms with van der Waals surface area (Å²) >= 11 is 1.59. The number of benzene rings is 1. The van der Waals surface area contributed by atoms with Crippen LogP contribution in [0.4, 0.5) is 11.4 Å². The third kappa shape index (κ3) is 2.24. The van der Waals surface area contributed by atoms with Gasteiger partial charge < -0.3 is 15.6 Å². The van der Waals surface area contributed by atoms with Crippen LogP contribution < -0.4 is 11.1 Å². The number of thiazole rings is 1. The zero-order valence-electron chi connectivity index (χ0n) is 10.5. The highest BCUT2D eigenvalue weighted by atomic mass is 32.1. The summed E-state index contributed by atoms with van der Waals surface area (Å²) < 4.78 is 3.02. The van der Waals surface area contributed by atoms with E-state index in [1.54, 1.807) is 17.7 Å². The largest absolute Gasteiger partial charge is 0.395 e. The summed E-state index contributed by atoms with van der Waals surface area (Å²) in [7, 11) is 1.94. The van der Waals surface area contributed by atoms with Gasteiger partial charge in [0.05, 0.1) is 21.6 Å². The number of nitrogens with two attached hydrogens (primary N) is 1. The molecule has 0 saturated carbocycles. The number of nitrogens with zero attached hydrogens (tertiary/aromatic N) is 4. The van der Waals surface area contributed by atoms with Crippen molar-refractivity contribution in [3.63, 3.8) is 0 Å². The Morgan fingerprint density at radius 3 is 3.11 bits per heavy atom. The van der Waals surface area contributed by atoms with E-state index >= 15 is 0 Å². The van der Waals surface area contributed by atoms with Gasteiger partial charge in [-0.05, 0) is 12.1 Å².